The number of nitrogens with zero attached hydrogens (tertiary/aromatic N) is 3. The van der Waals surface area contributed by atoms with Crippen LogP contribution in [-0.2, 0) is 9.59 Å². The summed E-state index contributed by atoms with van der Waals surface area (Å²) in [7, 11) is 0. The second-order valence-electron chi connectivity index (χ2n) is 5.06. The molecule has 1 aliphatic heterocycles. The Bertz CT molecular complexity index is 838. The van der Waals surface area contributed by atoms with Crippen LogP contribution >= 0.6 is 0 Å². The molecule has 2 aromatic rings. The maximum Gasteiger partial charge on any atom is 0.340 e. The van der Waals surface area contributed by atoms with Gasteiger partial charge < -0.3 is 0 Å². The van der Waals surface area contributed by atoms with Crippen LogP contribution < -0.4 is 9.47 Å². The number of rotatable bonds is 3. The molecule has 0 N–H and O–H groups in total. The van der Waals surface area contributed by atoms with Gasteiger partial charge in [-0.3, -0.25) is 19.7 Å². The van der Waals surface area contributed by atoms with Crippen LogP contribution in [0.5, 0.6) is 0 Å². The fraction of sp³-hybridized carbons (Fsp3) is 0.0625. The lowest BCUT2D eigenvalue weighted by Gasteiger charge is -2.12. The molecule has 1 aromatic heterocycles. The van der Waals surface area contributed by atoms with E-state index >= 15 is 0 Å². The number of nitro groups is 1. The topological polar surface area (TPSA) is 84.4 Å². The molecule has 7 nitrogen and oxygen atoms in total. The van der Waals surface area contributed by atoms with Crippen LogP contribution in [-0.4, -0.2) is 16.7 Å². The minimum atomic E-state index is -0.444. The number of carbonyl (C=O) groups is 2. The third-order valence-corrected chi connectivity index (χ3v) is 3.49. The predicted molar refractivity (Wildman–Crippen MR) is 81.0 cm³/mol. The lowest BCUT2D eigenvalue weighted by molar-refractivity contribution is -0.600. The van der Waals surface area contributed by atoms with Crippen molar-refractivity contribution in [3.8, 4) is 5.69 Å². The monoisotopic (exact) mass is 310 g/mol. The zero-order valence-corrected chi connectivity index (χ0v) is 12.2. The van der Waals surface area contributed by atoms with Gasteiger partial charge in [0.15, 0.2) is 12.4 Å². The Labute approximate surface area is 131 Å². The van der Waals surface area contributed by atoms with E-state index in [1.165, 1.54) is 18.2 Å². The van der Waals surface area contributed by atoms with Gasteiger partial charge in [0.25, 0.3) is 17.5 Å². The second-order valence-corrected chi connectivity index (χ2v) is 5.06. The highest BCUT2D eigenvalue weighted by molar-refractivity contribution is 6.28. The van der Waals surface area contributed by atoms with Gasteiger partial charge in [-0.1, -0.05) is 6.07 Å². The Kier molecular flexibility index (Phi) is 3.46. The molecule has 0 fully saturated rings. The van der Waals surface area contributed by atoms with Crippen molar-refractivity contribution in [1.82, 2.24) is 0 Å². The molecule has 0 bridgehead atoms. The summed E-state index contributed by atoms with van der Waals surface area (Å²) in [5.74, 6) is -0.817. The van der Waals surface area contributed by atoms with Crippen molar-refractivity contribution in [2.45, 2.75) is 6.92 Å². The number of hydrogen-bond acceptors (Lipinski definition) is 4. The number of imide groups is 1. The fourth-order valence-electron chi connectivity index (χ4n) is 2.38. The minimum absolute atomic E-state index is 0.0160. The lowest BCUT2D eigenvalue weighted by Crippen LogP contribution is -2.33. The highest BCUT2D eigenvalue weighted by Gasteiger charge is 2.27. The van der Waals surface area contributed by atoms with E-state index < -0.39 is 16.7 Å². The molecule has 0 unspecified atom stereocenters. The molecule has 0 atom stereocenters. The van der Waals surface area contributed by atoms with Crippen LogP contribution in [0.4, 0.5) is 11.4 Å². The largest absolute Gasteiger partial charge is 0.340 e. The average molecular weight is 310 g/mol. The third-order valence-electron chi connectivity index (χ3n) is 3.49. The normalized spacial score (nSPS) is 13.7. The van der Waals surface area contributed by atoms with Gasteiger partial charge in [-0.15, -0.1) is 0 Å². The van der Waals surface area contributed by atoms with Crippen molar-refractivity contribution in [1.29, 1.82) is 0 Å². The summed E-state index contributed by atoms with van der Waals surface area (Å²) in [6, 6.07) is 8.05. The third kappa shape index (κ3) is 2.59. The lowest BCUT2D eigenvalue weighted by atomic mass is 10.2. The first-order valence-corrected chi connectivity index (χ1v) is 6.80. The molecular formula is C16H12N3O4+. The minimum Gasteiger partial charge on any atom is -0.269 e. The van der Waals surface area contributed by atoms with Crippen molar-refractivity contribution in [3.05, 3.63) is 70.6 Å². The molecule has 2 amide bonds. The molecule has 23 heavy (non-hydrogen) atoms. The maximum absolute atomic E-state index is 11.6. The Morgan fingerprint density at radius 2 is 1.65 bits per heavy atom. The summed E-state index contributed by atoms with van der Waals surface area (Å²) in [6.07, 6.45) is 5.56. The zero-order chi connectivity index (χ0) is 16.6. The molecule has 1 aliphatic rings. The quantitative estimate of drug-likeness (QED) is 0.373. The molecule has 114 valence electrons. The van der Waals surface area contributed by atoms with Crippen LogP contribution in [0, 0.1) is 17.0 Å². The number of aromatic nitrogens is 1. The van der Waals surface area contributed by atoms with Gasteiger partial charge in [0.2, 0.25) is 0 Å². The first-order chi connectivity index (χ1) is 11.0. The molecular weight excluding hydrogens is 298 g/mol. The number of pyridine rings is 1. The van der Waals surface area contributed by atoms with E-state index in [-0.39, 0.29) is 5.69 Å². The van der Waals surface area contributed by atoms with Crippen molar-refractivity contribution in [2.24, 2.45) is 0 Å². The highest BCUT2D eigenvalue weighted by Crippen LogP contribution is 2.21. The van der Waals surface area contributed by atoms with Gasteiger partial charge in [0.1, 0.15) is 0 Å². The predicted octanol–water partition coefficient (Wildman–Crippen LogP) is 1.61. The molecule has 0 aliphatic carbocycles. The molecule has 7 heteroatoms. The molecule has 0 spiro atoms. The number of aryl methyl sites for hydroxylation is 1. The van der Waals surface area contributed by atoms with Crippen molar-refractivity contribution >= 4 is 23.2 Å². The Morgan fingerprint density at radius 3 is 2.22 bits per heavy atom. The molecule has 0 radical (unpaired) electrons. The Morgan fingerprint density at radius 1 is 1.04 bits per heavy atom. The van der Waals surface area contributed by atoms with Gasteiger partial charge in [-0.25, -0.2) is 4.90 Å². The maximum atomic E-state index is 11.6. The highest BCUT2D eigenvalue weighted by atomic mass is 16.6. The van der Waals surface area contributed by atoms with E-state index in [1.807, 2.05) is 0 Å². The van der Waals surface area contributed by atoms with E-state index in [1.54, 1.807) is 48.1 Å². The molecule has 0 saturated heterocycles. The van der Waals surface area contributed by atoms with Crippen LogP contribution in [0.2, 0.25) is 0 Å². The molecule has 2 heterocycles. The summed E-state index contributed by atoms with van der Waals surface area (Å²) < 4.78 is 1.57. The SMILES string of the molecule is Cc1ccc(-[n+]2ccc(N3C(=O)C=CC3=O)cc2)c([N+](=O)[O-])c1. The van der Waals surface area contributed by atoms with Crippen LogP contribution in [0.15, 0.2) is 54.9 Å². The number of nitro benzene ring substituents is 1. The molecule has 0 saturated carbocycles. The number of hydrogen-bond donors (Lipinski definition) is 0. The van der Waals surface area contributed by atoms with E-state index in [0.29, 0.717) is 11.4 Å². The van der Waals surface area contributed by atoms with E-state index in [9.17, 15) is 19.7 Å². The molecule has 3 rings (SSSR count). The van der Waals surface area contributed by atoms with Crippen molar-refractivity contribution in [2.75, 3.05) is 4.90 Å². The van der Waals surface area contributed by atoms with E-state index in [0.717, 1.165) is 10.5 Å². The van der Waals surface area contributed by atoms with Gasteiger partial charge in [-0.2, -0.15) is 4.57 Å². The Hall–Kier alpha value is -3.35. The van der Waals surface area contributed by atoms with E-state index in [2.05, 4.69) is 0 Å². The summed E-state index contributed by atoms with van der Waals surface area (Å²) in [6.45, 7) is 1.78. The summed E-state index contributed by atoms with van der Waals surface area (Å²) in [4.78, 5) is 35.1. The first-order valence-electron chi connectivity index (χ1n) is 6.80. The molecule has 1 aromatic carbocycles. The van der Waals surface area contributed by atoms with Crippen molar-refractivity contribution in [3.63, 3.8) is 0 Å². The summed E-state index contributed by atoms with van der Waals surface area (Å²) in [5, 5.41) is 11.2. The standard InChI is InChI=1S/C16H12N3O4/c1-11-2-3-13(14(10-11)19(22)23)17-8-6-12(7-9-17)18-15(20)4-5-16(18)21/h2-10H,1H3/q+1. The van der Waals surface area contributed by atoms with E-state index in [4.69, 9.17) is 0 Å². The van der Waals surface area contributed by atoms with Crippen LogP contribution in [0.25, 0.3) is 5.69 Å². The summed E-state index contributed by atoms with van der Waals surface area (Å²) >= 11 is 0. The van der Waals surface area contributed by atoms with Gasteiger partial charge in [-0.05, 0) is 12.5 Å². The fourth-order valence-corrected chi connectivity index (χ4v) is 2.38. The van der Waals surface area contributed by atoms with Crippen molar-refractivity contribution < 1.29 is 19.1 Å². The number of amides is 2. The Balaban J connectivity index is 1.99. The zero-order valence-electron chi connectivity index (χ0n) is 12.2. The number of carbonyl (C=O) groups excluding carboxylic acids is 2. The van der Waals surface area contributed by atoms with Crippen LogP contribution in [0.1, 0.15) is 5.56 Å². The summed E-state index contributed by atoms with van der Waals surface area (Å²) in [5.41, 5.74) is 1.59. The van der Waals surface area contributed by atoms with Gasteiger partial charge in [0, 0.05) is 36.4 Å². The van der Waals surface area contributed by atoms with Gasteiger partial charge in [0.05, 0.1) is 10.6 Å². The second kappa shape index (κ2) is 5.45. The first kappa shape index (κ1) is 14.6. The smallest absolute Gasteiger partial charge is 0.269 e. The van der Waals surface area contributed by atoms with Gasteiger partial charge >= 0.3 is 5.69 Å². The number of benzene rings is 1. The average Bonchev–Trinajstić information content (AvgIpc) is 2.86. The van der Waals surface area contributed by atoms with Crippen LogP contribution in [0.3, 0.4) is 0 Å². The number of anilines is 1.